The molecule has 1 aliphatic carbocycles. The zero-order valence-electron chi connectivity index (χ0n) is 10.7. The molecule has 3 heteroatoms. The van der Waals surface area contributed by atoms with Gasteiger partial charge in [0.15, 0.2) is 0 Å². The molecule has 16 heavy (non-hydrogen) atoms. The fourth-order valence-electron chi connectivity index (χ4n) is 2.41. The number of ether oxygens (including phenoxy) is 1. The molecule has 0 amide bonds. The molecule has 0 spiro atoms. The smallest absolute Gasteiger partial charge is 0.312 e. The molecule has 0 bridgehead atoms. The van der Waals surface area contributed by atoms with Crippen molar-refractivity contribution in [1.29, 1.82) is 0 Å². The van der Waals surface area contributed by atoms with E-state index in [0.717, 1.165) is 32.1 Å². The van der Waals surface area contributed by atoms with Gasteiger partial charge >= 0.3 is 5.97 Å². The number of aliphatic hydroxyl groups is 1. The van der Waals surface area contributed by atoms with Crippen LogP contribution >= 0.6 is 0 Å². The van der Waals surface area contributed by atoms with Crippen LogP contribution in [0.5, 0.6) is 0 Å². The van der Waals surface area contributed by atoms with Gasteiger partial charge in [-0.1, -0.05) is 12.8 Å². The van der Waals surface area contributed by atoms with Crippen LogP contribution in [0.1, 0.15) is 59.3 Å². The maximum Gasteiger partial charge on any atom is 0.312 e. The van der Waals surface area contributed by atoms with Crippen LogP contribution in [0.25, 0.3) is 0 Å². The Morgan fingerprint density at radius 1 is 1.31 bits per heavy atom. The van der Waals surface area contributed by atoms with E-state index >= 15 is 0 Å². The predicted octanol–water partition coefficient (Wildman–Crippen LogP) is 2.66. The Balaban J connectivity index is 2.65. The largest absolute Gasteiger partial charge is 0.460 e. The Hall–Kier alpha value is -0.570. The number of rotatable bonds is 4. The van der Waals surface area contributed by atoms with Gasteiger partial charge in [-0.05, 0) is 46.5 Å². The summed E-state index contributed by atoms with van der Waals surface area (Å²) >= 11 is 0. The Morgan fingerprint density at radius 3 is 2.31 bits per heavy atom. The van der Waals surface area contributed by atoms with E-state index in [9.17, 15) is 4.79 Å². The highest BCUT2D eigenvalue weighted by atomic mass is 16.6. The molecule has 1 N–H and O–H groups in total. The van der Waals surface area contributed by atoms with Gasteiger partial charge in [0.1, 0.15) is 5.60 Å². The zero-order chi connectivity index (χ0) is 12.2. The normalized spacial score (nSPS) is 19.8. The van der Waals surface area contributed by atoms with Gasteiger partial charge in [-0.2, -0.15) is 0 Å². The fraction of sp³-hybridized carbons (Fsp3) is 0.923. The van der Waals surface area contributed by atoms with Gasteiger partial charge in [-0.15, -0.1) is 0 Å². The third-order valence-electron chi connectivity index (χ3n) is 3.21. The Morgan fingerprint density at radius 2 is 1.88 bits per heavy atom. The molecule has 1 aliphatic rings. The zero-order valence-corrected chi connectivity index (χ0v) is 10.7. The lowest BCUT2D eigenvalue weighted by Crippen LogP contribution is -2.36. The molecule has 0 aromatic carbocycles. The number of esters is 1. The van der Waals surface area contributed by atoms with Crippen LogP contribution in [0.4, 0.5) is 0 Å². The molecule has 1 rings (SSSR count). The van der Waals surface area contributed by atoms with Gasteiger partial charge in [-0.3, -0.25) is 4.79 Å². The van der Waals surface area contributed by atoms with Crippen molar-refractivity contribution in [2.24, 2.45) is 5.41 Å². The second-order valence-electron chi connectivity index (χ2n) is 5.82. The number of carbonyl (C=O) groups excluding carboxylic acids is 1. The molecule has 0 aliphatic heterocycles. The van der Waals surface area contributed by atoms with Crippen molar-refractivity contribution in [2.75, 3.05) is 6.61 Å². The van der Waals surface area contributed by atoms with Crippen LogP contribution in [0.3, 0.4) is 0 Å². The standard InChI is InChI=1S/C13H24O3/c1-12(2,3)16-11(15)13(9-6-10-14)7-4-5-8-13/h14H,4-10H2,1-3H3. The molecule has 94 valence electrons. The summed E-state index contributed by atoms with van der Waals surface area (Å²) in [6.45, 7) is 5.86. The Labute approximate surface area is 98.2 Å². The van der Waals surface area contributed by atoms with Gasteiger partial charge in [0.2, 0.25) is 0 Å². The van der Waals surface area contributed by atoms with Gasteiger partial charge < -0.3 is 9.84 Å². The maximum atomic E-state index is 12.2. The van der Waals surface area contributed by atoms with E-state index in [1.54, 1.807) is 0 Å². The summed E-state index contributed by atoms with van der Waals surface area (Å²) in [5.74, 6) is -0.0639. The lowest BCUT2D eigenvalue weighted by Gasteiger charge is -2.31. The second kappa shape index (κ2) is 5.17. The molecule has 0 radical (unpaired) electrons. The highest BCUT2D eigenvalue weighted by Crippen LogP contribution is 2.43. The minimum atomic E-state index is -0.411. The van der Waals surface area contributed by atoms with Crippen LogP contribution in [0.2, 0.25) is 0 Å². The molecule has 0 atom stereocenters. The van der Waals surface area contributed by atoms with Gasteiger partial charge in [0.25, 0.3) is 0 Å². The molecular weight excluding hydrogens is 204 g/mol. The first-order valence-corrected chi connectivity index (χ1v) is 6.24. The molecule has 0 heterocycles. The molecule has 1 saturated carbocycles. The van der Waals surface area contributed by atoms with E-state index in [-0.39, 0.29) is 18.0 Å². The average Bonchev–Trinajstić information content (AvgIpc) is 2.61. The predicted molar refractivity (Wildman–Crippen MR) is 63.1 cm³/mol. The highest BCUT2D eigenvalue weighted by molar-refractivity contribution is 5.77. The molecule has 1 fully saturated rings. The van der Waals surface area contributed by atoms with Crippen molar-refractivity contribution in [3.05, 3.63) is 0 Å². The van der Waals surface area contributed by atoms with Crippen LogP contribution in [0, 0.1) is 5.41 Å². The first-order valence-electron chi connectivity index (χ1n) is 6.24. The fourth-order valence-corrected chi connectivity index (χ4v) is 2.41. The quantitative estimate of drug-likeness (QED) is 0.752. The molecular formula is C13H24O3. The average molecular weight is 228 g/mol. The van der Waals surface area contributed by atoms with Gasteiger partial charge in [0, 0.05) is 6.61 Å². The Bertz CT molecular complexity index is 234. The minimum Gasteiger partial charge on any atom is -0.460 e. The number of carbonyl (C=O) groups is 1. The minimum absolute atomic E-state index is 0.0639. The summed E-state index contributed by atoms with van der Waals surface area (Å²) in [6.07, 6.45) is 5.50. The monoisotopic (exact) mass is 228 g/mol. The lowest BCUT2D eigenvalue weighted by atomic mass is 9.81. The molecule has 0 aromatic heterocycles. The summed E-state index contributed by atoms with van der Waals surface area (Å²) in [4.78, 5) is 12.2. The summed E-state index contributed by atoms with van der Waals surface area (Å²) in [5, 5.41) is 8.90. The second-order valence-corrected chi connectivity index (χ2v) is 5.82. The summed E-state index contributed by atoms with van der Waals surface area (Å²) in [6, 6.07) is 0. The SMILES string of the molecule is CC(C)(C)OC(=O)C1(CCCO)CCCC1. The number of hydrogen-bond acceptors (Lipinski definition) is 3. The van der Waals surface area contributed by atoms with E-state index in [2.05, 4.69) is 0 Å². The van der Waals surface area contributed by atoms with Gasteiger partial charge in [-0.25, -0.2) is 0 Å². The van der Waals surface area contributed by atoms with Crippen molar-refractivity contribution >= 4 is 5.97 Å². The van der Waals surface area contributed by atoms with Crippen LogP contribution in [0.15, 0.2) is 0 Å². The first kappa shape index (κ1) is 13.5. The van der Waals surface area contributed by atoms with E-state index in [4.69, 9.17) is 9.84 Å². The molecule has 0 aromatic rings. The van der Waals surface area contributed by atoms with Crippen molar-refractivity contribution in [2.45, 2.75) is 64.9 Å². The Kier molecular flexibility index (Phi) is 4.36. The van der Waals surface area contributed by atoms with Crippen molar-refractivity contribution in [3.63, 3.8) is 0 Å². The van der Waals surface area contributed by atoms with Crippen LogP contribution < -0.4 is 0 Å². The number of aliphatic hydroxyl groups excluding tert-OH is 1. The highest BCUT2D eigenvalue weighted by Gasteiger charge is 2.43. The van der Waals surface area contributed by atoms with Crippen molar-refractivity contribution in [3.8, 4) is 0 Å². The van der Waals surface area contributed by atoms with E-state index in [0.29, 0.717) is 6.42 Å². The lowest BCUT2D eigenvalue weighted by molar-refractivity contribution is -0.168. The number of hydrogen-bond donors (Lipinski definition) is 1. The van der Waals surface area contributed by atoms with E-state index in [1.165, 1.54) is 0 Å². The summed E-state index contributed by atoms with van der Waals surface area (Å²) < 4.78 is 5.50. The maximum absolute atomic E-state index is 12.2. The van der Waals surface area contributed by atoms with Crippen LogP contribution in [-0.4, -0.2) is 23.3 Å². The molecule has 0 unspecified atom stereocenters. The van der Waals surface area contributed by atoms with Gasteiger partial charge in [0.05, 0.1) is 5.41 Å². The van der Waals surface area contributed by atoms with Crippen molar-refractivity contribution in [1.82, 2.24) is 0 Å². The molecule has 3 nitrogen and oxygen atoms in total. The molecule has 0 saturated heterocycles. The third kappa shape index (κ3) is 3.48. The van der Waals surface area contributed by atoms with Crippen LogP contribution in [-0.2, 0) is 9.53 Å². The summed E-state index contributed by atoms with van der Waals surface area (Å²) in [5.41, 5.74) is -0.720. The van der Waals surface area contributed by atoms with Crippen molar-refractivity contribution < 1.29 is 14.6 Å². The first-order chi connectivity index (χ1) is 7.40. The topological polar surface area (TPSA) is 46.5 Å². The third-order valence-corrected chi connectivity index (χ3v) is 3.21. The van der Waals surface area contributed by atoms with E-state index < -0.39 is 5.60 Å². The van der Waals surface area contributed by atoms with E-state index in [1.807, 2.05) is 20.8 Å². The summed E-state index contributed by atoms with van der Waals surface area (Å²) in [7, 11) is 0.